The van der Waals surface area contributed by atoms with Crippen LogP contribution in [0.2, 0.25) is 0 Å². The number of esters is 1. The van der Waals surface area contributed by atoms with E-state index in [1.165, 1.54) is 96.3 Å². The van der Waals surface area contributed by atoms with Gasteiger partial charge in [-0.25, -0.2) is 0 Å². The Kier molecular flexibility index (Phi) is 23.4. The number of benzene rings is 3. The zero-order chi connectivity index (χ0) is 39.3. The maximum absolute atomic E-state index is 13.4. The van der Waals surface area contributed by atoms with Crippen molar-refractivity contribution >= 4 is 5.97 Å². The Morgan fingerprint density at radius 1 is 0.655 bits per heavy atom. The molecule has 0 radical (unpaired) electrons. The van der Waals surface area contributed by atoms with Crippen LogP contribution in [0.15, 0.2) is 91.0 Å². The second-order valence-electron chi connectivity index (χ2n) is 15.8. The zero-order valence-corrected chi connectivity index (χ0v) is 34.7. The molecule has 1 heterocycles. The summed E-state index contributed by atoms with van der Waals surface area (Å²) in [4.78, 5) is 15.8. The Balaban J connectivity index is 0.000000364. The smallest absolute Gasteiger partial charge is 0.316 e. The molecule has 1 aliphatic rings. The lowest BCUT2D eigenvalue weighted by atomic mass is 9.71. The normalized spacial score (nSPS) is 14.1. The highest BCUT2D eigenvalue weighted by Gasteiger charge is 2.45. The number of carbonyl (C=O) groups is 1. The number of rotatable bonds is 26. The van der Waals surface area contributed by atoms with Gasteiger partial charge < -0.3 is 14.7 Å². The zero-order valence-electron chi connectivity index (χ0n) is 34.7. The van der Waals surface area contributed by atoms with Crippen molar-refractivity contribution in [3.8, 4) is 6.07 Å². The van der Waals surface area contributed by atoms with E-state index in [2.05, 4.69) is 61.2 Å². The molecule has 1 saturated heterocycles. The Labute approximate surface area is 335 Å². The van der Waals surface area contributed by atoms with Gasteiger partial charge in [-0.15, -0.1) is 0 Å². The van der Waals surface area contributed by atoms with Gasteiger partial charge in [0.15, 0.2) is 0 Å². The van der Waals surface area contributed by atoms with Crippen molar-refractivity contribution < 1.29 is 14.6 Å². The molecule has 302 valence electrons. The number of nitrogens with zero attached hydrogens (tertiary/aromatic N) is 2. The van der Waals surface area contributed by atoms with Gasteiger partial charge in [0.1, 0.15) is 5.41 Å². The van der Waals surface area contributed by atoms with Crippen LogP contribution in [-0.2, 0) is 20.4 Å². The lowest BCUT2D eigenvalue weighted by Gasteiger charge is -2.41. The van der Waals surface area contributed by atoms with Crippen LogP contribution in [-0.4, -0.2) is 48.8 Å². The van der Waals surface area contributed by atoms with Crippen molar-refractivity contribution in [1.29, 1.82) is 5.26 Å². The number of hydrogen-bond acceptors (Lipinski definition) is 5. The maximum atomic E-state index is 13.4. The third-order valence-electron chi connectivity index (χ3n) is 11.7. The van der Waals surface area contributed by atoms with Crippen molar-refractivity contribution in [3.05, 3.63) is 108 Å². The molecule has 1 aliphatic heterocycles. The second kappa shape index (κ2) is 28.0. The minimum atomic E-state index is -0.713. The van der Waals surface area contributed by atoms with E-state index in [1.54, 1.807) is 0 Å². The van der Waals surface area contributed by atoms with E-state index in [-0.39, 0.29) is 5.97 Å². The maximum Gasteiger partial charge on any atom is 0.316 e. The summed E-state index contributed by atoms with van der Waals surface area (Å²) in [6.07, 6.45) is 26.2. The van der Waals surface area contributed by atoms with E-state index < -0.39 is 10.8 Å². The minimum absolute atomic E-state index is 0.0956. The van der Waals surface area contributed by atoms with Crippen molar-refractivity contribution in [3.63, 3.8) is 0 Å². The largest absolute Gasteiger partial charge is 0.465 e. The molecule has 0 bridgehead atoms. The van der Waals surface area contributed by atoms with E-state index in [1.807, 2.05) is 54.6 Å². The Morgan fingerprint density at radius 3 is 1.49 bits per heavy atom. The van der Waals surface area contributed by atoms with Crippen molar-refractivity contribution in [2.75, 3.05) is 32.8 Å². The fraction of sp³-hybridized carbons (Fsp3) is 0.600. The summed E-state index contributed by atoms with van der Waals surface area (Å²) < 4.78 is 5.76. The van der Waals surface area contributed by atoms with Gasteiger partial charge >= 0.3 is 5.97 Å². The number of aliphatic hydroxyl groups is 1. The summed E-state index contributed by atoms with van der Waals surface area (Å²) in [5, 5.41) is 19.2. The lowest BCUT2D eigenvalue weighted by Crippen LogP contribution is -2.49. The summed E-state index contributed by atoms with van der Waals surface area (Å²) in [6, 6.07) is 33.0. The molecule has 3 aromatic carbocycles. The van der Waals surface area contributed by atoms with E-state index in [0.717, 1.165) is 68.4 Å². The number of aliphatic hydroxyl groups excluding tert-OH is 1. The molecule has 0 aliphatic carbocycles. The number of hydrogen-bond donors (Lipinski definition) is 1. The molecule has 3 aromatic rings. The van der Waals surface area contributed by atoms with Crippen LogP contribution in [0.4, 0.5) is 0 Å². The van der Waals surface area contributed by atoms with Crippen LogP contribution in [0.1, 0.15) is 165 Å². The molecule has 5 heteroatoms. The monoisotopic (exact) mass is 751 g/mol. The average molecular weight is 751 g/mol. The lowest BCUT2D eigenvalue weighted by molar-refractivity contribution is -0.153. The SMILES string of the molecule is CCCCCCCCCCCCCCCCCCO.CCCCOC(=O)C1(c2ccccc2)CCN(CCC(C#N)(c2ccccc2)c2ccccc2)CC1. The predicted molar refractivity (Wildman–Crippen MR) is 230 cm³/mol. The first-order chi connectivity index (χ1) is 27.1. The molecular weight excluding hydrogens is 677 g/mol. The van der Waals surface area contributed by atoms with Gasteiger partial charge in [0, 0.05) is 13.2 Å². The second-order valence-corrected chi connectivity index (χ2v) is 15.8. The molecule has 0 saturated carbocycles. The summed E-state index contributed by atoms with van der Waals surface area (Å²) in [5.41, 5.74) is 1.78. The molecule has 1 fully saturated rings. The molecule has 5 nitrogen and oxygen atoms in total. The van der Waals surface area contributed by atoms with Crippen LogP contribution in [0, 0.1) is 11.3 Å². The van der Waals surface area contributed by atoms with Gasteiger partial charge in [0.05, 0.1) is 18.1 Å². The molecule has 0 amide bonds. The van der Waals surface area contributed by atoms with Gasteiger partial charge in [-0.2, -0.15) is 5.26 Å². The first-order valence-electron chi connectivity index (χ1n) is 22.1. The topological polar surface area (TPSA) is 73.6 Å². The number of ether oxygens (including phenoxy) is 1. The van der Waals surface area contributed by atoms with E-state index in [4.69, 9.17) is 9.84 Å². The van der Waals surface area contributed by atoms with Crippen LogP contribution in [0.5, 0.6) is 0 Å². The van der Waals surface area contributed by atoms with Crippen LogP contribution < -0.4 is 0 Å². The van der Waals surface area contributed by atoms with Gasteiger partial charge in [0.2, 0.25) is 0 Å². The third-order valence-corrected chi connectivity index (χ3v) is 11.7. The first kappa shape index (κ1) is 45.9. The number of carbonyl (C=O) groups excluding carboxylic acids is 1. The Bertz CT molecular complexity index is 1360. The predicted octanol–water partition coefficient (Wildman–Crippen LogP) is 12.5. The van der Waals surface area contributed by atoms with Crippen LogP contribution in [0.3, 0.4) is 0 Å². The van der Waals surface area contributed by atoms with Gasteiger partial charge in [0.25, 0.3) is 0 Å². The van der Waals surface area contributed by atoms with E-state index >= 15 is 0 Å². The van der Waals surface area contributed by atoms with Crippen molar-refractivity contribution in [2.24, 2.45) is 0 Å². The molecule has 0 atom stereocenters. The standard InChI is InChI=1S/C32H36N2O2.C18H38O/c1-2-3-25-36-30(35)31(27-13-7-4-8-14-27)19-22-34(23-20-31)24-21-32(26-33,28-15-9-5-10-16-28)29-17-11-6-12-18-29;1-2-3-4-5-6-7-8-9-10-11-12-13-14-15-16-17-18-19/h4-18H,2-3,19-25H2,1H3;19H,2-18H2,1H3. The van der Waals surface area contributed by atoms with Gasteiger partial charge in [-0.1, -0.05) is 208 Å². The molecule has 1 N–H and O–H groups in total. The fourth-order valence-corrected chi connectivity index (χ4v) is 8.04. The van der Waals surface area contributed by atoms with Crippen LogP contribution in [0.25, 0.3) is 0 Å². The number of unbranched alkanes of at least 4 members (excludes halogenated alkanes) is 16. The number of likely N-dealkylation sites (tertiary alicyclic amines) is 1. The van der Waals surface area contributed by atoms with Crippen molar-refractivity contribution in [1.82, 2.24) is 4.90 Å². The Hall–Kier alpha value is -3.46. The average Bonchev–Trinajstić information content (AvgIpc) is 3.24. The van der Waals surface area contributed by atoms with Gasteiger partial charge in [-0.05, 0) is 61.9 Å². The summed E-state index contributed by atoms with van der Waals surface area (Å²) >= 11 is 0. The molecule has 0 unspecified atom stereocenters. The number of nitriles is 1. The minimum Gasteiger partial charge on any atom is -0.465 e. The van der Waals surface area contributed by atoms with E-state index in [9.17, 15) is 10.1 Å². The quantitative estimate of drug-likeness (QED) is 0.0653. The fourth-order valence-electron chi connectivity index (χ4n) is 8.04. The number of piperidine rings is 1. The van der Waals surface area contributed by atoms with E-state index in [0.29, 0.717) is 19.6 Å². The summed E-state index contributed by atoms with van der Waals surface area (Å²) in [5.74, 6) is -0.0956. The molecule has 55 heavy (non-hydrogen) atoms. The van der Waals surface area contributed by atoms with Gasteiger partial charge in [-0.3, -0.25) is 4.79 Å². The highest BCUT2D eigenvalue weighted by Crippen LogP contribution is 2.39. The molecule has 0 spiro atoms. The van der Waals surface area contributed by atoms with Crippen LogP contribution >= 0.6 is 0 Å². The highest BCUT2D eigenvalue weighted by atomic mass is 16.5. The van der Waals surface area contributed by atoms with Crippen molar-refractivity contribution in [2.45, 2.75) is 160 Å². The Morgan fingerprint density at radius 2 is 1.07 bits per heavy atom. The summed E-state index contributed by atoms with van der Waals surface area (Å²) in [7, 11) is 0. The highest BCUT2D eigenvalue weighted by molar-refractivity contribution is 5.83. The molecule has 4 rings (SSSR count). The third kappa shape index (κ3) is 15.9. The first-order valence-corrected chi connectivity index (χ1v) is 22.1. The molecular formula is C50H74N2O3. The summed E-state index contributed by atoms with van der Waals surface area (Å²) in [6.45, 7) is 7.61. The molecule has 0 aromatic heterocycles.